The third-order valence-electron chi connectivity index (χ3n) is 5.42. The Bertz CT molecular complexity index is 1110. The minimum absolute atomic E-state index is 0.0832. The fraction of sp³-hybridized carbons (Fsp3) is 0.318. The molecule has 6 nitrogen and oxygen atoms in total. The van der Waals surface area contributed by atoms with Crippen LogP contribution in [0.5, 0.6) is 0 Å². The summed E-state index contributed by atoms with van der Waals surface area (Å²) in [6.45, 7) is 3.49. The van der Waals surface area contributed by atoms with Crippen LogP contribution in [0.25, 0.3) is 10.9 Å². The number of hydrogen-bond donors (Lipinski definition) is 1. The summed E-state index contributed by atoms with van der Waals surface area (Å²) in [5.41, 5.74) is 3.64. The summed E-state index contributed by atoms with van der Waals surface area (Å²) in [7, 11) is -3.33. The molecule has 0 bridgehead atoms. The molecular formula is C22H25N3O3S. The molecule has 152 valence electrons. The minimum atomic E-state index is -3.33. The Labute approximate surface area is 171 Å². The van der Waals surface area contributed by atoms with Crippen molar-refractivity contribution in [1.82, 2.24) is 14.2 Å². The number of piperazine rings is 1. The predicted molar refractivity (Wildman–Crippen MR) is 114 cm³/mol. The van der Waals surface area contributed by atoms with Crippen molar-refractivity contribution < 1.29 is 13.2 Å². The van der Waals surface area contributed by atoms with Gasteiger partial charge >= 0.3 is 0 Å². The summed E-state index contributed by atoms with van der Waals surface area (Å²) in [5.74, 6) is 0.00645. The Morgan fingerprint density at radius 2 is 1.72 bits per heavy atom. The van der Waals surface area contributed by atoms with Crippen molar-refractivity contribution in [3.63, 3.8) is 0 Å². The summed E-state index contributed by atoms with van der Waals surface area (Å²) >= 11 is 0. The van der Waals surface area contributed by atoms with Crippen LogP contribution in [0.15, 0.2) is 54.6 Å². The zero-order valence-corrected chi connectivity index (χ0v) is 17.3. The number of carbonyl (C=O) groups excluding carboxylic acids is 1. The van der Waals surface area contributed by atoms with Gasteiger partial charge in [0.25, 0.3) is 5.91 Å². The zero-order chi connectivity index (χ0) is 20.4. The molecule has 1 amide bonds. The van der Waals surface area contributed by atoms with Gasteiger partial charge in [-0.3, -0.25) is 4.79 Å². The molecule has 0 saturated carbocycles. The number of amides is 1. The fourth-order valence-corrected chi connectivity index (χ4v) is 5.20. The number of nitrogens with one attached hydrogen (secondary N) is 1. The number of H-pyrrole nitrogens is 1. The third kappa shape index (κ3) is 4.36. The van der Waals surface area contributed by atoms with Crippen LogP contribution in [0, 0.1) is 6.92 Å². The number of benzene rings is 2. The SMILES string of the molecule is Cc1ccc2[nH]c(C(=O)N3CCN(S(=O)(=O)CCc4ccccc4)CC3)cc2c1. The molecule has 0 atom stereocenters. The number of rotatable bonds is 5. The largest absolute Gasteiger partial charge is 0.351 e. The van der Waals surface area contributed by atoms with Crippen LogP contribution in [-0.4, -0.2) is 60.4 Å². The lowest BCUT2D eigenvalue weighted by atomic mass is 10.2. The standard InChI is InChI=1S/C22H25N3O3S/c1-17-7-8-20-19(15-17)16-21(23-20)22(26)24-10-12-25(13-11-24)29(27,28)14-9-18-5-3-2-4-6-18/h2-8,15-16,23H,9-14H2,1H3. The van der Waals surface area contributed by atoms with E-state index < -0.39 is 10.0 Å². The van der Waals surface area contributed by atoms with Gasteiger partial charge in [0.2, 0.25) is 10.0 Å². The number of carbonyl (C=O) groups is 1. The number of aryl methyl sites for hydroxylation is 2. The van der Waals surface area contributed by atoms with Gasteiger partial charge in [-0.05, 0) is 37.1 Å². The van der Waals surface area contributed by atoms with Crippen LogP contribution in [0.4, 0.5) is 0 Å². The van der Waals surface area contributed by atoms with Gasteiger partial charge in [0.05, 0.1) is 5.75 Å². The molecule has 1 N–H and O–H groups in total. The first-order chi connectivity index (χ1) is 13.9. The Balaban J connectivity index is 1.37. The van der Waals surface area contributed by atoms with Crippen LogP contribution in [0.2, 0.25) is 0 Å². The normalized spacial score (nSPS) is 15.7. The highest BCUT2D eigenvalue weighted by Gasteiger charge is 2.29. The van der Waals surface area contributed by atoms with Gasteiger partial charge in [-0.2, -0.15) is 4.31 Å². The van der Waals surface area contributed by atoms with Crippen molar-refractivity contribution >= 4 is 26.8 Å². The highest BCUT2D eigenvalue weighted by Crippen LogP contribution is 2.19. The van der Waals surface area contributed by atoms with Gasteiger partial charge in [-0.15, -0.1) is 0 Å². The maximum Gasteiger partial charge on any atom is 0.270 e. The molecule has 3 aromatic rings. The number of fused-ring (bicyclic) bond motifs is 1. The second-order valence-corrected chi connectivity index (χ2v) is 9.61. The van der Waals surface area contributed by atoms with Gasteiger partial charge in [-0.25, -0.2) is 8.42 Å². The first-order valence-electron chi connectivity index (χ1n) is 9.83. The Kier molecular flexibility index (Phi) is 5.43. The number of sulfonamides is 1. The first-order valence-corrected chi connectivity index (χ1v) is 11.4. The van der Waals surface area contributed by atoms with Crippen molar-refractivity contribution in [3.8, 4) is 0 Å². The summed E-state index contributed by atoms with van der Waals surface area (Å²) in [4.78, 5) is 17.7. The molecule has 4 rings (SSSR count). The monoisotopic (exact) mass is 411 g/mol. The van der Waals surface area contributed by atoms with Crippen LogP contribution in [-0.2, 0) is 16.4 Å². The van der Waals surface area contributed by atoms with E-state index in [1.54, 1.807) is 4.90 Å². The Morgan fingerprint density at radius 3 is 2.45 bits per heavy atom. The van der Waals surface area contributed by atoms with Crippen molar-refractivity contribution in [1.29, 1.82) is 0 Å². The highest BCUT2D eigenvalue weighted by molar-refractivity contribution is 7.89. The topological polar surface area (TPSA) is 73.5 Å². The maximum atomic E-state index is 12.8. The minimum Gasteiger partial charge on any atom is -0.351 e. The summed E-state index contributed by atoms with van der Waals surface area (Å²) in [5, 5.41) is 1.01. The molecule has 0 unspecified atom stereocenters. The highest BCUT2D eigenvalue weighted by atomic mass is 32.2. The van der Waals surface area contributed by atoms with E-state index in [-0.39, 0.29) is 11.7 Å². The van der Waals surface area contributed by atoms with Crippen LogP contribution >= 0.6 is 0 Å². The molecule has 1 saturated heterocycles. The van der Waals surface area contributed by atoms with E-state index in [9.17, 15) is 13.2 Å². The molecule has 0 aliphatic carbocycles. The third-order valence-corrected chi connectivity index (χ3v) is 7.29. The zero-order valence-electron chi connectivity index (χ0n) is 16.5. The quantitative estimate of drug-likeness (QED) is 0.702. The number of aromatic amines is 1. The van der Waals surface area contributed by atoms with E-state index in [1.807, 2.05) is 61.5 Å². The van der Waals surface area contributed by atoms with Crippen molar-refractivity contribution in [2.75, 3.05) is 31.9 Å². The van der Waals surface area contributed by atoms with Crippen molar-refractivity contribution in [2.45, 2.75) is 13.3 Å². The molecule has 1 aliphatic heterocycles. The number of aromatic nitrogens is 1. The van der Waals surface area contributed by atoms with Crippen LogP contribution in [0.1, 0.15) is 21.6 Å². The van der Waals surface area contributed by atoms with E-state index in [1.165, 1.54) is 4.31 Å². The van der Waals surface area contributed by atoms with E-state index in [0.29, 0.717) is 38.3 Å². The lowest BCUT2D eigenvalue weighted by molar-refractivity contribution is 0.0693. The van der Waals surface area contributed by atoms with Crippen LogP contribution in [0.3, 0.4) is 0 Å². The predicted octanol–water partition coefficient (Wildman–Crippen LogP) is 2.81. The molecule has 2 heterocycles. The molecule has 29 heavy (non-hydrogen) atoms. The molecule has 1 aliphatic rings. The van der Waals surface area contributed by atoms with E-state index >= 15 is 0 Å². The summed E-state index contributed by atoms with van der Waals surface area (Å²) in [6, 6.07) is 17.5. The first kappa shape index (κ1) is 19.7. The van der Waals surface area contributed by atoms with E-state index in [4.69, 9.17) is 0 Å². The summed E-state index contributed by atoms with van der Waals surface area (Å²) in [6.07, 6.45) is 0.497. The van der Waals surface area contributed by atoms with Gasteiger partial charge in [0, 0.05) is 37.1 Å². The van der Waals surface area contributed by atoms with Gasteiger partial charge in [-0.1, -0.05) is 42.0 Å². The lowest BCUT2D eigenvalue weighted by Gasteiger charge is -2.33. The van der Waals surface area contributed by atoms with E-state index in [0.717, 1.165) is 22.0 Å². The average molecular weight is 412 g/mol. The number of nitrogens with zero attached hydrogens (tertiary/aromatic N) is 2. The van der Waals surface area contributed by atoms with E-state index in [2.05, 4.69) is 4.98 Å². The van der Waals surface area contributed by atoms with Gasteiger partial charge < -0.3 is 9.88 Å². The molecule has 7 heteroatoms. The molecular weight excluding hydrogens is 386 g/mol. The van der Waals surface area contributed by atoms with Crippen molar-refractivity contribution in [2.24, 2.45) is 0 Å². The average Bonchev–Trinajstić information content (AvgIpc) is 3.16. The Morgan fingerprint density at radius 1 is 1.00 bits per heavy atom. The molecule has 2 aromatic carbocycles. The molecule has 0 radical (unpaired) electrons. The fourth-order valence-electron chi connectivity index (χ4n) is 3.73. The van der Waals surface area contributed by atoms with Gasteiger partial charge in [0.15, 0.2) is 0 Å². The summed E-state index contributed by atoms with van der Waals surface area (Å²) < 4.78 is 26.9. The van der Waals surface area contributed by atoms with Gasteiger partial charge in [0.1, 0.15) is 5.69 Å². The Hall–Kier alpha value is -2.64. The number of hydrogen-bond acceptors (Lipinski definition) is 3. The maximum absolute atomic E-state index is 12.8. The molecule has 0 spiro atoms. The lowest BCUT2D eigenvalue weighted by Crippen LogP contribution is -2.51. The second-order valence-electron chi connectivity index (χ2n) is 7.52. The second kappa shape index (κ2) is 8.00. The molecule has 1 aromatic heterocycles. The van der Waals surface area contributed by atoms with Crippen LogP contribution < -0.4 is 0 Å². The van der Waals surface area contributed by atoms with Crippen molar-refractivity contribution in [3.05, 3.63) is 71.4 Å². The molecule has 1 fully saturated rings. The smallest absolute Gasteiger partial charge is 0.270 e.